The molecule has 0 saturated heterocycles. The number of aryl methyl sites for hydroxylation is 1. The lowest BCUT2D eigenvalue weighted by atomic mass is 10.2. The van der Waals surface area contributed by atoms with Gasteiger partial charge in [-0.25, -0.2) is 4.98 Å². The lowest BCUT2D eigenvalue weighted by molar-refractivity contribution is 0.167. The van der Waals surface area contributed by atoms with Crippen LogP contribution in [-0.4, -0.2) is 24.7 Å². The fourth-order valence-electron chi connectivity index (χ4n) is 1.39. The highest BCUT2D eigenvalue weighted by Gasteiger charge is 2.11. The fraction of sp³-hybridized carbons (Fsp3) is 0.700. The molecule has 1 rings (SSSR count). The zero-order chi connectivity index (χ0) is 10.6. The Hall–Kier alpha value is -0.450. The van der Waals surface area contributed by atoms with Gasteiger partial charge in [0.1, 0.15) is 0 Å². The van der Waals surface area contributed by atoms with Crippen molar-refractivity contribution in [1.29, 1.82) is 0 Å². The molecule has 80 valence electrons. The quantitative estimate of drug-likeness (QED) is 0.815. The highest BCUT2D eigenvalue weighted by Crippen LogP contribution is 2.15. The predicted octanol–water partition coefficient (Wildman–Crippen LogP) is 2.14. The molecule has 0 aliphatic heterocycles. The van der Waals surface area contributed by atoms with Gasteiger partial charge in [-0.1, -0.05) is 0 Å². The van der Waals surface area contributed by atoms with E-state index in [1.807, 2.05) is 6.92 Å². The van der Waals surface area contributed by atoms with Crippen LogP contribution < -0.4 is 5.32 Å². The Balaban J connectivity index is 2.45. The van der Waals surface area contributed by atoms with Gasteiger partial charge in [-0.2, -0.15) is 0 Å². The van der Waals surface area contributed by atoms with E-state index in [4.69, 9.17) is 4.74 Å². The first-order valence-electron chi connectivity index (χ1n) is 4.80. The second-order valence-corrected chi connectivity index (χ2v) is 4.60. The van der Waals surface area contributed by atoms with E-state index in [0.29, 0.717) is 12.1 Å². The fourth-order valence-corrected chi connectivity index (χ4v) is 2.10. The van der Waals surface area contributed by atoms with E-state index in [1.165, 1.54) is 0 Å². The number of hydrogen-bond donors (Lipinski definition) is 1. The van der Waals surface area contributed by atoms with Crippen molar-refractivity contribution in [2.75, 3.05) is 13.7 Å². The zero-order valence-electron chi connectivity index (χ0n) is 9.20. The second-order valence-electron chi connectivity index (χ2n) is 3.54. The summed E-state index contributed by atoms with van der Waals surface area (Å²) in [6, 6.07) is 0.655. The molecule has 1 aromatic heterocycles. The molecule has 0 bridgehead atoms. The van der Waals surface area contributed by atoms with Crippen LogP contribution >= 0.6 is 11.3 Å². The van der Waals surface area contributed by atoms with Crippen LogP contribution in [-0.2, 0) is 4.74 Å². The first-order chi connectivity index (χ1) is 6.63. The molecule has 0 spiro atoms. The molecule has 1 N–H and O–H groups in total. The molecule has 1 heterocycles. The highest BCUT2D eigenvalue weighted by atomic mass is 32.1. The third-order valence-electron chi connectivity index (χ3n) is 2.03. The average molecular weight is 214 g/mol. The van der Waals surface area contributed by atoms with Crippen molar-refractivity contribution in [2.45, 2.75) is 32.9 Å². The standard InChI is InChI=1S/C10H18N2OS/c1-7(5-13-4)11-8(2)10-6-14-9(3)12-10/h6-8,11H,5H2,1-4H3. The summed E-state index contributed by atoms with van der Waals surface area (Å²) < 4.78 is 5.07. The molecule has 0 aliphatic rings. The van der Waals surface area contributed by atoms with Gasteiger partial charge in [0, 0.05) is 24.6 Å². The zero-order valence-corrected chi connectivity index (χ0v) is 10.0. The van der Waals surface area contributed by atoms with Crippen molar-refractivity contribution in [3.05, 3.63) is 16.1 Å². The Morgan fingerprint density at radius 2 is 2.29 bits per heavy atom. The van der Waals surface area contributed by atoms with Crippen molar-refractivity contribution < 1.29 is 4.74 Å². The number of methoxy groups -OCH3 is 1. The highest BCUT2D eigenvalue weighted by molar-refractivity contribution is 7.09. The predicted molar refractivity (Wildman–Crippen MR) is 59.7 cm³/mol. The summed E-state index contributed by atoms with van der Waals surface area (Å²) in [5.74, 6) is 0. The van der Waals surface area contributed by atoms with Crippen molar-refractivity contribution in [3.8, 4) is 0 Å². The Labute approximate surface area is 89.5 Å². The molecule has 3 nitrogen and oxygen atoms in total. The third-order valence-corrected chi connectivity index (χ3v) is 2.82. The van der Waals surface area contributed by atoms with Crippen LogP contribution in [0.2, 0.25) is 0 Å². The minimum absolute atomic E-state index is 0.296. The van der Waals surface area contributed by atoms with Crippen molar-refractivity contribution in [1.82, 2.24) is 10.3 Å². The Morgan fingerprint density at radius 1 is 1.57 bits per heavy atom. The Kier molecular flexibility index (Phi) is 4.51. The lowest BCUT2D eigenvalue weighted by Crippen LogP contribution is -2.32. The van der Waals surface area contributed by atoms with Crippen molar-refractivity contribution >= 4 is 11.3 Å². The lowest BCUT2D eigenvalue weighted by Gasteiger charge is -2.17. The molecular weight excluding hydrogens is 196 g/mol. The molecule has 0 aromatic carbocycles. The number of ether oxygens (including phenoxy) is 1. The maximum Gasteiger partial charge on any atom is 0.0898 e. The first-order valence-corrected chi connectivity index (χ1v) is 5.68. The van der Waals surface area contributed by atoms with Gasteiger partial charge in [0.2, 0.25) is 0 Å². The molecule has 4 heteroatoms. The molecule has 14 heavy (non-hydrogen) atoms. The number of aromatic nitrogens is 1. The molecule has 0 radical (unpaired) electrons. The second kappa shape index (κ2) is 5.44. The maximum atomic E-state index is 5.07. The smallest absolute Gasteiger partial charge is 0.0898 e. The van der Waals surface area contributed by atoms with Gasteiger partial charge in [-0.15, -0.1) is 11.3 Å². The van der Waals surface area contributed by atoms with Gasteiger partial charge in [-0.3, -0.25) is 0 Å². The Morgan fingerprint density at radius 3 is 2.79 bits per heavy atom. The molecule has 2 unspecified atom stereocenters. The molecule has 2 atom stereocenters. The average Bonchev–Trinajstić information content (AvgIpc) is 2.52. The van der Waals surface area contributed by atoms with Gasteiger partial charge in [0.15, 0.2) is 0 Å². The number of nitrogens with zero attached hydrogens (tertiary/aromatic N) is 1. The van der Waals surface area contributed by atoms with Crippen LogP contribution in [0.4, 0.5) is 0 Å². The molecule has 0 amide bonds. The van der Waals surface area contributed by atoms with Gasteiger partial charge in [0.25, 0.3) is 0 Å². The number of rotatable bonds is 5. The summed E-state index contributed by atoms with van der Waals surface area (Å²) in [6.07, 6.45) is 0. The van der Waals surface area contributed by atoms with Crippen LogP contribution in [0, 0.1) is 6.92 Å². The van der Waals surface area contributed by atoms with E-state index < -0.39 is 0 Å². The third kappa shape index (κ3) is 3.36. The van der Waals surface area contributed by atoms with Crippen LogP contribution in [0.15, 0.2) is 5.38 Å². The Bertz CT molecular complexity index is 275. The van der Waals surface area contributed by atoms with E-state index in [1.54, 1.807) is 18.4 Å². The van der Waals surface area contributed by atoms with Crippen molar-refractivity contribution in [3.63, 3.8) is 0 Å². The summed E-state index contributed by atoms with van der Waals surface area (Å²) in [5, 5.41) is 6.65. The van der Waals surface area contributed by atoms with Gasteiger partial charge < -0.3 is 10.1 Å². The van der Waals surface area contributed by atoms with Gasteiger partial charge in [0.05, 0.1) is 17.3 Å². The van der Waals surface area contributed by atoms with Crippen molar-refractivity contribution in [2.24, 2.45) is 0 Å². The number of hydrogen-bond acceptors (Lipinski definition) is 4. The van der Waals surface area contributed by atoms with Gasteiger partial charge >= 0.3 is 0 Å². The van der Waals surface area contributed by atoms with E-state index in [9.17, 15) is 0 Å². The number of thiazole rings is 1. The number of nitrogens with one attached hydrogen (secondary N) is 1. The first kappa shape index (κ1) is 11.6. The summed E-state index contributed by atoms with van der Waals surface area (Å²) in [7, 11) is 1.72. The van der Waals surface area contributed by atoms with Crippen LogP contribution in [0.1, 0.15) is 30.6 Å². The molecule has 0 saturated carbocycles. The summed E-state index contributed by atoms with van der Waals surface area (Å²) >= 11 is 1.69. The SMILES string of the molecule is COCC(C)NC(C)c1csc(C)n1. The largest absolute Gasteiger partial charge is 0.383 e. The minimum Gasteiger partial charge on any atom is -0.383 e. The molecule has 1 aromatic rings. The molecule has 0 fully saturated rings. The van der Waals surface area contributed by atoms with Crippen LogP contribution in [0.3, 0.4) is 0 Å². The maximum absolute atomic E-state index is 5.07. The van der Waals surface area contributed by atoms with Gasteiger partial charge in [-0.05, 0) is 20.8 Å². The van der Waals surface area contributed by atoms with Crippen LogP contribution in [0.25, 0.3) is 0 Å². The molecular formula is C10H18N2OS. The van der Waals surface area contributed by atoms with Crippen LogP contribution in [0.5, 0.6) is 0 Å². The normalized spacial score (nSPS) is 15.4. The van der Waals surface area contributed by atoms with E-state index in [2.05, 4.69) is 29.5 Å². The summed E-state index contributed by atoms with van der Waals surface area (Å²) in [5.41, 5.74) is 1.12. The monoisotopic (exact) mass is 214 g/mol. The summed E-state index contributed by atoms with van der Waals surface area (Å²) in [6.45, 7) is 6.99. The minimum atomic E-state index is 0.296. The van der Waals surface area contributed by atoms with E-state index >= 15 is 0 Å². The molecule has 0 aliphatic carbocycles. The summed E-state index contributed by atoms with van der Waals surface area (Å²) in [4.78, 5) is 4.44. The van der Waals surface area contributed by atoms with E-state index in [-0.39, 0.29) is 0 Å². The topological polar surface area (TPSA) is 34.1 Å². The van der Waals surface area contributed by atoms with E-state index in [0.717, 1.165) is 17.3 Å².